The molecular weight excluding hydrogens is 431 g/mol. The zero-order chi connectivity index (χ0) is 21.8. The van der Waals surface area contributed by atoms with Crippen LogP contribution in [0.1, 0.15) is 11.1 Å². The summed E-state index contributed by atoms with van der Waals surface area (Å²) in [7, 11) is 0. The van der Waals surface area contributed by atoms with Gasteiger partial charge in [-0.15, -0.1) is 0 Å². The van der Waals surface area contributed by atoms with Crippen LogP contribution in [0.5, 0.6) is 5.75 Å². The number of amides is 1. The van der Waals surface area contributed by atoms with Crippen LogP contribution in [0.3, 0.4) is 0 Å². The Kier molecular flexibility index (Phi) is 6.81. The maximum absolute atomic E-state index is 13.0. The topological polar surface area (TPSA) is 41.6 Å². The summed E-state index contributed by atoms with van der Waals surface area (Å²) < 4.78 is 6.05. The lowest BCUT2D eigenvalue weighted by atomic mass is 9.95. The number of nitrogens with zero attached hydrogens (tertiary/aromatic N) is 1. The van der Waals surface area contributed by atoms with E-state index in [1.165, 1.54) is 5.56 Å². The Morgan fingerprint density at radius 3 is 2.26 bits per heavy atom. The third-order valence-corrected chi connectivity index (χ3v) is 5.97. The number of para-hydroxylation sites is 1. The van der Waals surface area contributed by atoms with Gasteiger partial charge in [-0.3, -0.25) is 4.79 Å². The molecule has 1 heterocycles. The number of nitrogens with one attached hydrogen (secondary N) is 1. The lowest BCUT2D eigenvalue weighted by Gasteiger charge is -2.47. The van der Waals surface area contributed by atoms with Gasteiger partial charge < -0.3 is 15.0 Å². The smallest absolute Gasteiger partial charge is 0.270 e. The second-order valence-electron chi connectivity index (χ2n) is 7.64. The van der Waals surface area contributed by atoms with Crippen LogP contribution < -0.4 is 15.0 Å². The van der Waals surface area contributed by atoms with Crippen LogP contribution in [0.25, 0.3) is 0 Å². The van der Waals surface area contributed by atoms with Gasteiger partial charge in [0.25, 0.3) is 5.91 Å². The lowest BCUT2D eigenvalue weighted by molar-refractivity contribution is -0.134. The summed E-state index contributed by atoms with van der Waals surface area (Å²) in [5, 5.41) is 4.86. The van der Waals surface area contributed by atoms with Gasteiger partial charge in [-0.25, -0.2) is 0 Å². The van der Waals surface area contributed by atoms with Crippen LogP contribution in [-0.2, 0) is 11.2 Å². The number of benzene rings is 3. The Hall–Kier alpha value is -2.53. The van der Waals surface area contributed by atoms with Crippen molar-refractivity contribution in [1.82, 2.24) is 5.32 Å². The molecule has 0 aromatic heterocycles. The number of rotatable bonds is 8. The van der Waals surface area contributed by atoms with Crippen molar-refractivity contribution in [2.75, 3.05) is 18.0 Å². The van der Waals surface area contributed by atoms with Crippen LogP contribution in [0, 0.1) is 6.92 Å². The van der Waals surface area contributed by atoms with Crippen molar-refractivity contribution in [2.45, 2.75) is 25.5 Å². The van der Waals surface area contributed by atoms with E-state index >= 15 is 0 Å². The first kappa shape index (κ1) is 21.7. The average molecular weight is 455 g/mol. The number of aryl methyl sites for hydroxylation is 1. The molecule has 31 heavy (non-hydrogen) atoms. The second-order valence-corrected chi connectivity index (χ2v) is 8.51. The quantitative estimate of drug-likeness (QED) is 0.371. The number of β-lactam (4-membered cyclic amide) rings is 1. The van der Waals surface area contributed by atoms with E-state index < -0.39 is 6.10 Å². The Balaban J connectivity index is 1.44. The summed E-state index contributed by atoms with van der Waals surface area (Å²) in [6.07, 6.45) is 0.342. The van der Waals surface area contributed by atoms with E-state index in [0.29, 0.717) is 17.3 Å². The molecule has 0 saturated carbocycles. The minimum Gasteiger partial charge on any atom is -0.478 e. The summed E-state index contributed by atoms with van der Waals surface area (Å²) in [5.41, 5.74) is 3.20. The van der Waals surface area contributed by atoms with E-state index in [9.17, 15) is 4.79 Å². The Morgan fingerprint density at radius 1 is 0.935 bits per heavy atom. The summed E-state index contributed by atoms with van der Waals surface area (Å²) in [6, 6.07) is 22.8. The molecule has 0 spiro atoms. The number of hydrogen-bond acceptors (Lipinski definition) is 3. The molecule has 0 aliphatic carbocycles. The molecule has 0 bridgehead atoms. The van der Waals surface area contributed by atoms with Crippen molar-refractivity contribution in [2.24, 2.45) is 0 Å². The predicted octanol–water partition coefficient (Wildman–Crippen LogP) is 5.30. The van der Waals surface area contributed by atoms with E-state index in [4.69, 9.17) is 27.9 Å². The minimum absolute atomic E-state index is 0.0336. The molecule has 2 atom stereocenters. The molecule has 4 nitrogen and oxygen atoms in total. The summed E-state index contributed by atoms with van der Waals surface area (Å²) in [6.45, 7) is 3.44. The van der Waals surface area contributed by atoms with Crippen LogP contribution >= 0.6 is 23.2 Å². The normalized spacial score (nSPS) is 18.0. The molecule has 3 aromatic carbocycles. The zero-order valence-electron chi connectivity index (χ0n) is 17.2. The molecule has 6 heteroatoms. The minimum atomic E-state index is -0.538. The van der Waals surface area contributed by atoms with Gasteiger partial charge in [-0.2, -0.15) is 0 Å². The number of anilines is 1. The van der Waals surface area contributed by atoms with Gasteiger partial charge in [0, 0.05) is 22.3 Å². The first-order chi connectivity index (χ1) is 15.0. The standard InChI is InChI=1S/C25H24Cl2N2O2/c1-17-4-2-3-5-22(17)29-23(16-28-15-14-18-6-8-19(26)9-7-18)24(25(29)30)31-21-12-10-20(27)11-13-21/h2-13,23-24,28H,14-16H2,1H3. The first-order valence-corrected chi connectivity index (χ1v) is 11.0. The van der Waals surface area contributed by atoms with Crippen molar-refractivity contribution in [1.29, 1.82) is 0 Å². The van der Waals surface area contributed by atoms with Crippen molar-refractivity contribution in [3.8, 4) is 5.75 Å². The molecule has 1 N–H and O–H groups in total. The van der Waals surface area contributed by atoms with Crippen molar-refractivity contribution in [3.05, 3.63) is 94.0 Å². The third-order valence-electron chi connectivity index (χ3n) is 5.47. The number of hydrogen-bond donors (Lipinski definition) is 1. The summed E-state index contributed by atoms with van der Waals surface area (Å²) >= 11 is 11.9. The zero-order valence-corrected chi connectivity index (χ0v) is 18.7. The predicted molar refractivity (Wildman–Crippen MR) is 126 cm³/mol. The van der Waals surface area contributed by atoms with E-state index in [-0.39, 0.29) is 11.9 Å². The average Bonchev–Trinajstić information content (AvgIpc) is 2.77. The Labute approximate surface area is 192 Å². The second kappa shape index (κ2) is 9.73. The van der Waals surface area contributed by atoms with Gasteiger partial charge >= 0.3 is 0 Å². The fraction of sp³-hybridized carbons (Fsp3) is 0.240. The molecule has 3 aromatic rings. The Bertz CT molecular complexity index is 1040. The molecular formula is C25H24Cl2N2O2. The maximum Gasteiger partial charge on any atom is 0.270 e. The molecule has 1 amide bonds. The van der Waals surface area contributed by atoms with Crippen LogP contribution in [0.4, 0.5) is 5.69 Å². The molecule has 1 saturated heterocycles. The summed E-state index contributed by atoms with van der Waals surface area (Å²) in [4.78, 5) is 14.9. The monoisotopic (exact) mass is 454 g/mol. The maximum atomic E-state index is 13.0. The highest BCUT2D eigenvalue weighted by Crippen LogP contribution is 2.33. The van der Waals surface area contributed by atoms with Crippen LogP contribution in [0.2, 0.25) is 10.0 Å². The number of halogens is 2. The third kappa shape index (κ3) is 5.04. The fourth-order valence-electron chi connectivity index (χ4n) is 3.77. The van der Waals surface area contributed by atoms with E-state index in [1.54, 1.807) is 24.3 Å². The molecule has 1 aliphatic heterocycles. The Morgan fingerprint density at radius 2 is 1.58 bits per heavy atom. The molecule has 0 radical (unpaired) electrons. The van der Waals surface area contributed by atoms with E-state index in [0.717, 1.165) is 29.2 Å². The van der Waals surface area contributed by atoms with Gasteiger partial charge in [0.1, 0.15) is 5.75 Å². The summed E-state index contributed by atoms with van der Waals surface area (Å²) in [5.74, 6) is 0.604. The van der Waals surface area contributed by atoms with E-state index in [1.807, 2.05) is 60.4 Å². The molecule has 4 rings (SSSR count). The highest BCUT2D eigenvalue weighted by Gasteiger charge is 2.50. The largest absolute Gasteiger partial charge is 0.478 e. The van der Waals surface area contributed by atoms with Crippen molar-refractivity contribution in [3.63, 3.8) is 0 Å². The molecule has 2 unspecified atom stereocenters. The number of carbonyl (C=O) groups is 1. The highest BCUT2D eigenvalue weighted by atomic mass is 35.5. The van der Waals surface area contributed by atoms with E-state index in [2.05, 4.69) is 5.32 Å². The molecule has 1 aliphatic rings. The van der Waals surface area contributed by atoms with Gasteiger partial charge in [-0.1, -0.05) is 53.5 Å². The number of carbonyl (C=O) groups excluding carboxylic acids is 1. The van der Waals surface area contributed by atoms with Gasteiger partial charge in [0.15, 0.2) is 6.10 Å². The fourth-order valence-corrected chi connectivity index (χ4v) is 4.02. The molecule has 160 valence electrons. The van der Waals surface area contributed by atoms with Crippen molar-refractivity contribution < 1.29 is 9.53 Å². The van der Waals surface area contributed by atoms with Crippen LogP contribution in [0.15, 0.2) is 72.8 Å². The van der Waals surface area contributed by atoms with Crippen LogP contribution in [-0.4, -0.2) is 31.1 Å². The van der Waals surface area contributed by atoms with Gasteiger partial charge in [0.2, 0.25) is 0 Å². The van der Waals surface area contributed by atoms with Gasteiger partial charge in [-0.05, 0) is 73.5 Å². The lowest BCUT2D eigenvalue weighted by Crippen LogP contribution is -2.70. The van der Waals surface area contributed by atoms with Crippen molar-refractivity contribution >= 4 is 34.8 Å². The number of ether oxygens (including phenoxy) is 1. The SMILES string of the molecule is Cc1ccccc1N1C(=O)C(Oc2ccc(Cl)cc2)C1CNCCc1ccc(Cl)cc1. The first-order valence-electron chi connectivity index (χ1n) is 10.3. The highest BCUT2D eigenvalue weighted by molar-refractivity contribution is 6.30. The molecule has 1 fully saturated rings. The van der Waals surface area contributed by atoms with Gasteiger partial charge in [0.05, 0.1) is 6.04 Å².